The summed E-state index contributed by atoms with van der Waals surface area (Å²) in [6.45, 7) is 2.80. The lowest BCUT2D eigenvalue weighted by molar-refractivity contribution is 0.144. The summed E-state index contributed by atoms with van der Waals surface area (Å²) in [5.74, 6) is 0.794. The lowest BCUT2D eigenvalue weighted by atomic mass is 10.4. The fourth-order valence-electron chi connectivity index (χ4n) is 1.67. The van der Waals surface area contributed by atoms with E-state index in [1.54, 1.807) is 17.0 Å². The topological polar surface area (TPSA) is 89.7 Å². The zero-order valence-corrected chi connectivity index (χ0v) is 10.2. The van der Waals surface area contributed by atoms with Crippen LogP contribution in [0.25, 0.3) is 0 Å². The molecule has 1 saturated heterocycles. The van der Waals surface area contributed by atoms with Gasteiger partial charge < -0.3 is 25.4 Å². The highest BCUT2D eigenvalue weighted by Crippen LogP contribution is 2.25. The number of hydrogen-bond acceptors (Lipinski definition) is 6. The third-order valence-corrected chi connectivity index (χ3v) is 2.61. The summed E-state index contributed by atoms with van der Waals surface area (Å²) >= 11 is 0. The number of nitrogen functional groups attached to an aromatic ring is 1. The number of nitrogens with two attached hydrogens (primary N) is 1. The van der Waals surface area contributed by atoms with Gasteiger partial charge in [0.15, 0.2) is 5.75 Å². The number of piperazine rings is 1. The fraction of sp³-hybridized carbons (Fsp3) is 0.455. The maximum Gasteiger partial charge on any atom is 0.415 e. The number of carbonyl (C=O) groups excluding carboxylic acids is 1. The van der Waals surface area contributed by atoms with Gasteiger partial charge in [0, 0.05) is 26.2 Å². The summed E-state index contributed by atoms with van der Waals surface area (Å²) in [5, 5.41) is 3.16. The van der Waals surface area contributed by atoms with Crippen LogP contribution in [-0.2, 0) is 0 Å². The molecule has 18 heavy (non-hydrogen) atoms. The van der Waals surface area contributed by atoms with Crippen molar-refractivity contribution in [1.82, 2.24) is 15.2 Å². The van der Waals surface area contributed by atoms with Crippen molar-refractivity contribution < 1.29 is 14.3 Å². The molecule has 0 spiro atoms. The zero-order valence-electron chi connectivity index (χ0n) is 10.2. The number of anilines is 1. The molecule has 1 aliphatic heterocycles. The Morgan fingerprint density at radius 3 is 2.83 bits per heavy atom. The molecule has 0 unspecified atom stereocenters. The molecule has 7 heteroatoms. The van der Waals surface area contributed by atoms with Gasteiger partial charge in [0.05, 0.1) is 7.11 Å². The number of pyridine rings is 1. The van der Waals surface area contributed by atoms with Gasteiger partial charge in [-0.3, -0.25) is 0 Å². The highest BCUT2D eigenvalue weighted by Gasteiger charge is 2.20. The summed E-state index contributed by atoms with van der Waals surface area (Å²) in [7, 11) is 1.45. The molecule has 98 valence electrons. The fourth-order valence-corrected chi connectivity index (χ4v) is 1.67. The van der Waals surface area contributed by atoms with E-state index in [1.807, 2.05) is 0 Å². The van der Waals surface area contributed by atoms with E-state index in [9.17, 15) is 4.79 Å². The number of amides is 1. The van der Waals surface area contributed by atoms with Crippen LogP contribution in [0.15, 0.2) is 12.1 Å². The second-order valence-corrected chi connectivity index (χ2v) is 3.85. The first kappa shape index (κ1) is 12.4. The van der Waals surface area contributed by atoms with Crippen molar-refractivity contribution in [2.45, 2.75) is 0 Å². The molecule has 0 aromatic carbocycles. The normalized spacial score (nSPS) is 15.3. The van der Waals surface area contributed by atoms with Crippen molar-refractivity contribution in [3.63, 3.8) is 0 Å². The quantitative estimate of drug-likeness (QED) is 0.774. The molecule has 7 nitrogen and oxygen atoms in total. The highest BCUT2D eigenvalue weighted by molar-refractivity contribution is 5.71. The van der Waals surface area contributed by atoms with E-state index >= 15 is 0 Å². The Labute approximate surface area is 105 Å². The first-order chi connectivity index (χ1) is 8.70. The zero-order chi connectivity index (χ0) is 13.0. The number of hydrogen-bond donors (Lipinski definition) is 2. The van der Waals surface area contributed by atoms with E-state index in [0.717, 1.165) is 13.1 Å². The van der Waals surface area contributed by atoms with Crippen LogP contribution in [0.5, 0.6) is 11.6 Å². The third kappa shape index (κ3) is 2.80. The number of nitrogens with zero attached hydrogens (tertiary/aromatic N) is 2. The summed E-state index contributed by atoms with van der Waals surface area (Å²) in [4.78, 5) is 17.5. The Balaban J connectivity index is 2.06. The van der Waals surface area contributed by atoms with Crippen LogP contribution in [-0.4, -0.2) is 49.3 Å². The maximum atomic E-state index is 11.9. The minimum Gasteiger partial charge on any atom is -0.478 e. The summed E-state index contributed by atoms with van der Waals surface area (Å²) in [6, 6.07) is 3.13. The Bertz CT molecular complexity index is 432. The van der Waals surface area contributed by atoms with E-state index in [4.69, 9.17) is 15.2 Å². The standard InChI is InChI=1S/C11H16N4O3/c1-17-10-8(2-3-9(12)14-10)18-11(16)15-6-4-13-5-7-15/h2-3,13H,4-7H2,1H3,(H2,12,14). The smallest absolute Gasteiger partial charge is 0.415 e. The molecule has 2 rings (SSSR count). The molecule has 0 aliphatic carbocycles. The molecule has 1 fully saturated rings. The van der Waals surface area contributed by atoms with Crippen LogP contribution in [0.4, 0.5) is 10.6 Å². The molecule has 1 aliphatic rings. The van der Waals surface area contributed by atoms with Crippen LogP contribution in [0.2, 0.25) is 0 Å². The molecule has 3 N–H and O–H groups in total. The minimum absolute atomic E-state index is 0.207. The summed E-state index contributed by atoms with van der Waals surface area (Å²) in [5.41, 5.74) is 5.53. The number of nitrogens with one attached hydrogen (secondary N) is 1. The van der Waals surface area contributed by atoms with E-state index in [2.05, 4.69) is 10.3 Å². The van der Waals surface area contributed by atoms with Crippen LogP contribution >= 0.6 is 0 Å². The Morgan fingerprint density at radius 2 is 2.17 bits per heavy atom. The SMILES string of the molecule is COc1nc(N)ccc1OC(=O)N1CCNCC1. The van der Waals surface area contributed by atoms with Gasteiger partial charge >= 0.3 is 6.09 Å². The van der Waals surface area contributed by atoms with Crippen molar-refractivity contribution in [1.29, 1.82) is 0 Å². The van der Waals surface area contributed by atoms with Gasteiger partial charge in [-0.1, -0.05) is 0 Å². The number of methoxy groups -OCH3 is 1. The number of ether oxygens (including phenoxy) is 2. The highest BCUT2D eigenvalue weighted by atomic mass is 16.6. The number of rotatable bonds is 2. The molecular formula is C11H16N4O3. The van der Waals surface area contributed by atoms with E-state index in [-0.39, 0.29) is 11.6 Å². The van der Waals surface area contributed by atoms with E-state index in [1.165, 1.54) is 7.11 Å². The average Bonchev–Trinajstić information content (AvgIpc) is 2.41. The van der Waals surface area contributed by atoms with Crippen molar-refractivity contribution in [3.05, 3.63) is 12.1 Å². The largest absolute Gasteiger partial charge is 0.478 e. The molecule has 2 heterocycles. The van der Waals surface area contributed by atoms with E-state index in [0.29, 0.717) is 18.9 Å². The van der Waals surface area contributed by atoms with Gasteiger partial charge in [-0.25, -0.2) is 4.79 Å². The Kier molecular flexibility index (Phi) is 3.83. The molecule has 0 saturated carbocycles. The second-order valence-electron chi connectivity index (χ2n) is 3.85. The molecule has 0 atom stereocenters. The molecular weight excluding hydrogens is 236 g/mol. The van der Waals surface area contributed by atoms with Crippen LogP contribution in [0.1, 0.15) is 0 Å². The van der Waals surface area contributed by atoms with Gasteiger partial charge in [0.1, 0.15) is 5.82 Å². The van der Waals surface area contributed by atoms with Crippen molar-refractivity contribution in [3.8, 4) is 11.6 Å². The van der Waals surface area contributed by atoms with Crippen LogP contribution < -0.4 is 20.5 Å². The summed E-state index contributed by atoms with van der Waals surface area (Å²) in [6.07, 6.45) is -0.402. The Hall–Kier alpha value is -2.02. The minimum atomic E-state index is -0.402. The molecule has 1 amide bonds. The van der Waals surface area contributed by atoms with Crippen molar-refractivity contribution in [2.75, 3.05) is 39.0 Å². The van der Waals surface area contributed by atoms with Crippen molar-refractivity contribution >= 4 is 11.9 Å². The van der Waals surface area contributed by atoms with Crippen LogP contribution in [0, 0.1) is 0 Å². The van der Waals surface area contributed by atoms with Gasteiger partial charge in [0.25, 0.3) is 5.88 Å². The van der Waals surface area contributed by atoms with E-state index < -0.39 is 6.09 Å². The van der Waals surface area contributed by atoms with Crippen molar-refractivity contribution in [2.24, 2.45) is 0 Å². The number of aromatic nitrogens is 1. The lowest BCUT2D eigenvalue weighted by Gasteiger charge is -2.26. The maximum absolute atomic E-state index is 11.9. The van der Waals surface area contributed by atoms with Gasteiger partial charge in [0.2, 0.25) is 0 Å². The monoisotopic (exact) mass is 252 g/mol. The average molecular weight is 252 g/mol. The molecule has 1 aromatic rings. The third-order valence-electron chi connectivity index (χ3n) is 2.61. The Morgan fingerprint density at radius 1 is 1.44 bits per heavy atom. The lowest BCUT2D eigenvalue weighted by Crippen LogP contribution is -2.47. The molecule has 0 bridgehead atoms. The van der Waals surface area contributed by atoms with Gasteiger partial charge in [-0.2, -0.15) is 4.98 Å². The number of carbonyl (C=O) groups is 1. The molecule has 0 radical (unpaired) electrons. The predicted octanol–water partition coefficient (Wildman–Crippen LogP) is 0.0764. The first-order valence-corrected chi connectivity index (χ1v) is 5.68. The first-order valence-electron chi connectivity index (χ1n) is 5.68. The second kappa shape index (κ2) is 5.54. The molecule has 1 aromatic heterocycles. The van der Waals surface area contributed by atoms with Crippen LogP contribution in [0.3, 0.4) is 0 Å². The van der Waals surface area contributed by atoms with Gasteiger partial charge in [-0.05, 0) is 12.1 Å². The summed E-state index contributed by atoms with van der Waals surface area (Å²) < 4.78 is 10.3. The van der Waals surface area contributed by atoms with Gasteiger partial charge in [-0.15, -0.1) is 0 Å². The predicted molar refractivity (Wildman–Crippen MR) is 65.7 cm³/mol.